The van der Waals surface area contributed by atoms with Gasteiger partial charge in [-0.05, 0) is 67.8 Å². The summed E-state index contributed by atoms with van der Waals surface area (Å²) in [7, 11) is 0. The van der Waals surface area contributed by atoms with E-state index in [9.17, 15) is 4.79 Å². The Bertz CT molecular complexity index is 1010. The van der Waals surface area contributed by atoms with Gasteiger partial charge in [0.15, 0.2) is 0 Å². The molecule has 2 N–H and O–H groups in total. The highest BCUT2D eigenvalue weighted by Crippen LogP contribution is 2.19. The summed E-state index contributed by atoms with van der Waals surface area (Å²) in [4.78, 5) is 25.2. The first-order valence-electron chi connectivity index (χ1n) is 11.3. The summed E-state index contributed by atoms with van der Waals surface area (Å²) in [5.74, 6) is 0.0201. The average molecular weight is 486 g/mol. The second-order valence-corrected chi connectivity index (χ2v) is 9.32. The molecule has 33 heavy (non-hydrogen) atoms. The van der Waals surface area contributed by atoms with Crippen molar-refractivity contribution in [3.63, 3.8) is 0 Å². The molecule has 0 spiro atoms. The van der Waals surface area contributed by atoms with Gasteiger partial charge < -0.3 is 10.3 Å². The van der Waals surface area contributed by atoms with Crippen LogP contribution < -0.4 is 5.32 Å². The van der Waals surface area contributed by atoms with E-state index >= 15 is 0 Å². The van der Waals surface area contributed by atoms with Crippen LogP contribution in [0.2, 0.25) is 10.0 Å². The predicted octanol–water partition coefficient (Wildman–Crippen LogP) is 4.86. The lowest BCUT2D eigenvalue weighted by Crippen LogP contribution is -2.57. The lowest BCUT2D eigenvalue weighted by Gasteiger charge is -2.40. The molecule has 1 aromatic heterocycles. The molecule has 1 amide bonds. The number of rotatable bonds is 9. The normalized spacial score (nSPS) is 17.2. The van der Waals surface area contributed by atoms with Crippen molar-refractivity contribution in [2.45, 2.75) is 31.8 Å². The number of hydrogen-bond acceptors (Lipinski definition) is 4. The highest BCUT2D eigenvalue weighted by Gasteiger charge is 2.32. The SMILES string of the molecule is O=C(Nc1ccc(Cl)cc1)C1CN(Cc2ccc(Cl)cc2)CCN1CCCCc1cnc[nH]1. The second kappa shape index (κ2) is 11.7. The number of halogens is 2. The minimum absolute atomic E-state index is 0.0201. The number of piperazine rings is 1. The van der Waals surface area contributed by atoms with Gasteiger partial charge in [-0.25, -0.2) is 4.98 Å². The Morgan fingerprint density at radius 2 is 1.76 bits per heavy atom. The predicted molar refractivity (Wildman–Crippen MR) is 134 cm³/mol. The second-order valence-electron chi connectivity index (χ2n) is 8.44. The number of hydrogen-bond donors (Lipinski definition) is 2. The number of unbranched alkanes of at least 4 members (excludes halogenated alkanes) is 1. The number of anilines is 1. The van der Waals surface area contributed by atoms with Gasteiger partial charge in [-0.15, -0.1) is 0 Å². The Kier molecular flexibility index (Phi) is 8.40. The zero-order chi connectivity index (χ0) is 23.0. The van der Waals surface area contributed by atoms with E-state index in [2.05, 4.69) is 25.1 Å². The molecule has 6 nitrogen and oxygen atoms in total. The highest BCUT2D eigenvalue weighted by atomic mass is 35.5. The molecule has 0 aliphatic carbocycles. The third kappa shape index (κ3) is 7.05. The van der Waals surface area contributed by atoms with E-state index in [4.69, 9.17) is 23.2 Å². The van der Waals surface area contributed by atoms with Crippen LogP contribution in [0.15, 0.2) is 61.1 Å². The van der Waals surface area contributed by atoms with Gasteiger partial charge in [0.25, 0.3) is 0 Å². The first kappa shape index (κ1) is 23.8. The van der Waals surface area contributed by atoms with Crippen LogP contribution in [0.3, 0.4) is 0 Å². The van der Waals surface area contributed by atoms with Gasteiger partial charge in [-0.1, -0.05) is 35.3 Å². The molecule has 3 aromatic rings. The van der Waals surface area contributed by atoms with Crippen molar-refractivity contribution < 1.29 is 4.79 Å². The Hall–Kier alpha value is -2.38. The fraction of sp³-hybridized carbons (Fsp3) is 0.360. The first-order chi connectivity index (χ1) is 16.1. The standard InChI is InChI=1S/C25H29Cl2N5O/c26-20-6-4-19(5-7-20)16-31-13-14-32(12-2-1-3-23-15-28-18-29-23)24(17-31)25(33)30-22-10-8-21(27)9-11-22/h4-11,15,18,24H,1-3,12-14,16-17H2,(H,28,29)(H,30,33). The van der Waals surface area contributed by atoms with Gasteiger partial charge in [0.1, 0.15) is 6.04 Å². The molecule has 8 heteroatoms. The molecule has 1 fully saturated rings. The van der Waals surface area contributed by atoms with Gasteiger partial charge in [0, 0.05) is 53.8 Å². The monoisotopic (exact) mass is 485 g/mol. The molecule has 174 valence electrons. The average Bonchev–Trinajstić information content (AvgIpc) is 3.34. The summed E-state index contributed by atoms with van der Waals surface area (Å²) in [5.41, 5.74) is 3.11. The molecular weight excluding hydrogens is 457 g/mol. The van der Waals surface area contributed by atoms with Gasteiger partial charge in [-0.2, -0.15) is 0 Å². The lowest BCUT2D eigenvalue weighted by atomic mass is 10.1. The molecule has 2 heterocycles. The quantitative estimate of drug-likeness (QED) is 0.424. The Morgan fingerprint density at radius 3 is 2.45 bits per heavy atom. The van der Waals surface area contributed by atoms with Crippen LogP contribution in [0.1, 0.15) is 24.1 Å². The number of aryl methyl sites for hydroxylation is 1. The smallest absolute Gasteiger partial charge is 0.243 e. The number of nitrogens with one attached hydrogen (secondary N) is 2. The van der Waals surface area contributed by atoms with Crippen molar-refractivity contribution in [2.75, 3.05) is 31.5 Å². The number of benzene rings is 2. The number of aromatic nitrogens is 2. The molecular formula is C25H29Cl2N5O. The van der Waals surface area contributed by atoms with E-state index < -0.39 is 0 Å². The molecule has 1 aliphatic heterocycles. The minimum atomic E-state index is -0.214. The number of amides is 1. The fourth-order valence-electron chi connectivity index (χ4n) is 4.20. The van der Waals surface area contributed by atoms with E-state index in [1.165, 1.54) is 5.56 Å². The molecule has 1 saturated heterocycles. The zero-order valence-corrected chi connectivity index (χ0v) is 20.0. The third-order valence-corrected chi connectivity index (χ3v) is 6.51. The molecule has 0 bridgehead atoms. The number of carbonyl (C=O) groups excluding carboxylic acids is 1. The molecule has 1 unspecified atom stereocenters. The van der Waals surface area contributed by atoms with Gasteiger partial charge in [0.2, 0.25) is 5.91 Å². The van der Waals surface area contributed by atoms with Gasteiger partial charge >= 0.3 is 0 Å². The van der Waals surface area contributed by atoms with E-state index in [0.29, 0.717) is 11.6 Å². The molecule has 1 aliphatic rings. The Balaban J connectivity index is 1.38. The van der Waals surface area contributed by atoms with Crippen molar-refractivity contribution in [1.29, 1.82) is 0 Å². The zero-order valence-electron chi connectivity index (χ0n) is 18.5. The van der Waals surface area contributed by atoms with E-state index in [-0.39, 0.29) is 11.9 Å². The lowest BCUT2D eigenvalue weighted by molar-refractivity contribution is -0.123. The van der Waals surface area contributed by atoms with Crippen molar-refractivity contribution in [2.24, 2.45) is 0 Å². The summed E-state index contributed by atoms with van der Waals surface area (Å²) < 4.78 is 0. The maximum atomic E-state index is 13.3. The molecule has 4 rings (SSSR count). The van der Waals surface area contributed by atoms with Crippen LogP contribution in [-0.2, 0) is 17.8 Å². The van der Waals surface area contributed by atoms with Crippen LogP contribution in [0, 0.1) is 0 Å². The number of nitrogens with zero attached hydrogens (tertiary/aromatic N) is 3. The number of aromatic amines is 1. The maximum absolute atomic E-state index is 13.3. The van der Waals surface area contributed by atoms with Crippen molar-refractivity contribution in [3.05, 3.63) is 82.4 Å². The summed E-state index contributed by atoms with van der Waals surface area (Å²) in [5, 5.41) is 4.46. The number of carbonyl (C=O) groups is 1. The number of imidazole rings is 1. The van der Waals surface area contributed by atoms with Crippen LogP contribution in [0.5, 0.6) is 0 Å². The van der Waals surface area contributed by atoms with Crippen molar-refractivity contribution in [1.82, 2.24) is 19.8 Å². The molecule has 2 aromatic carbocycles. The van der Waals surface area contributed by atoms with E-state index in [0.717, 1.165) is 61.8 Å². The highest BCUT2D eigenvalue weighted by molar-refractivity contribution is 6.30. The summed E-state index contributed by atoms with van der Waals surface area (Å²) in [6, 6.07) is 15.0. The van der Waals surface area contributed by atoms with Crippen molar-refractivity contribution in [3.8, 4) is 0 Å². The molecule has 0 radical (unpaired) electrons. The maximum Gasteiger partial charge on any atom is 0.243 e. The third-order valence-electron chi connectivity index (χ3n) is 6.01. The number of H-pyrrole nitrogens is 1. The van der Waals surface area contributed by atoms with E-state index in [1.54, 1.807) is 18.5 Å². The topological polar surface area (TPSA) is 64.3 Å². The molecule has 0 saturated carbocycles. The van der Waals surface area contributed by atoms with Crippen LogP contribution in [-0.4, -0.2) is 57.9 Å². The van der Waals surface area contributed by atoms with Crippen molar-refractivity contribution >= 4 is 34.8 Å². The Morgan fingerprint density at radius 1 is 1.03 bits per heavy atom. The largest absolute Gasteiger partial charge is 0.348 e. The van der Waals surface area contributed by atoms with Gasteiger partial charge in [0.05, 0.1) is 6.33 Å². The van der Waals surface area contributed by atoms with Gasteiger partial charge in [-0.3, -0.25) is 14.6 Å². The first-order valence-corrected chi connectivity index (χ1v) is 12.1. The molecule has 1 atom stereocenters. The summed E-state index contributed by atoms with van der Waals surface area (Å²) >= 11 is 12.0. The fourth-order valence-corrected chi connectivity index (χ4v) is 4.45. The summed E-state index contributed by atoms with van der Waals surface area (Å²) in [6.45, 7) is 4.16. The van der Waals surface area contributed by atoms with Crippen LogP contribution in [0.4, 0.5) is 5.69 Å². The Labute approximate surface area is 204 Å². The van der Waals surface area contributed by atoms with Crippen LogP contribution >= 0.6 is 23.2 Å². The summed E-state index contributed by atoms with van der Waals surface area (Å²) in [6.07, 6.45) is 6.64. The minimum Gasteiger partial charge on any atom is -0.348 e. The van der Waals surface area contributed by atoms with Crippen LogP contribution in [0.25, 0.3) is 0 Å². The van der Waals surface area contributed by atoms with E-state index in [1.807, 2.05) is 42.6 Å².